The van der Waals surface area contributed by atoms with Crippen molar-refractivity contribution in [3.8, 4) is 0 Å². The van der Waals surface area contributed by atoms with Crippen LogP contribution in [0.3, 0.4) is 0 Å². The summed E-state index contributed by atoms with van der Waals surface area (Å²) < 4.78 is 39.7. The molecule has 3 rings (SSSR count). The van der Waals surface area contributed by atoms with Crippen molar-refractivity contribution in [3.05, 3.63) is 35.9 Å². The van der Waals surface area contributed by atoms with Crippen LogP contribution < -0.4 is 45.5 Å². The average molecular weight is 520 g/mol. The number of aliphatic hydroxyl groups is 1. The molecule has 13 heteroatoms. The van der Waals surface area contributed by atoms with Crippen molar-refractivity contribution >= 4 is 28.0 Å². The first-order valence-corrected chi connectivity index (χ1v) is 12.7. The van der Waals surface area contributed by atoms with Gasteiger partial charge in [-0.25, -0.2) is 13.2 Å². The van der Waals surface area contributed by atoms with E-state index in [-0.39, 0.29) is 54.2 Å². The van der Waals surface area contributed by atoms with Crippen molar-refractivity contribution in [1.82, 2.24) is 16.0 Å². The van der Waals surface area contributed by atoms with Gasteiger partial charge < -0.3 is 30.3 Å². The van der Waals surface area contributed by atoms with Crippen LogP contribution >= 0.6 is 0 Å². The zero-order valence-corrected chi connectivity index (χ0v) is 22.6. The molecule has 1 saturated carbocycles. The Morgan fingerprint density at radius 3 is 2.37 bits per heavy atom. The van der Waals surface area contributed by atoms with E-state index in [1.54, 1.807) is 31.2 Å². The number of benzene rings is 1. The van der Waals surface area contributed by atoms with Crippen molar-refractivity contribution < 1.29 is 66.8 Å². The third-order valence-corrected chi connectivity index (χ3v) is 7.02. The number of hydrogen-bond donors (Lipinski definition) is 4. The summed E-state index contributed by atoms with van der Waals surface area (Å²) in [6.45, 7) is 2.06. The van der Waals surface area contributed by atoms with Gasteiger partial charge in [-0.2, -0.15) is 0 Å². The van der Waals surface area contributed by atoms with Gasteiger partial charge in [0.25, 0.3) is 0 Å². The fraction of sp³-hybridized carbons (Fsp3) is 0.591. The summed E-state index contributed by atoms with van der Waals surface area (Å²) in [4.78, 5) is 37.4. The quantitative estimate of drug-likeness (QED) is 0.184. The molecular formula is C22H30N3NaO8S. The molecule has 2 aliphatic rings. The summed E-state index contributed by atoms with van der Waals surface area (Å²) in [5.41, 5.74) is -1.67. The Labute approximate surface area is 226 Å². The van der Waals surface area contributed by atoms with Gasteiger partial charge in [0.15, 0.2) is 5.44 Å². The van der Waals surface area contributed by atoms with Crippen LogP contribution in [0.5, 0.6) is 0 Å². The summed E-state index contributed by atoms with van der Waals surface area (Å²) in [6.07, 6.45) is 0.787. The Bertz CT molecular complexity index is 990. The van der Waals surface area contributed by atoms with Gasteiger partial charge in [0, 0.05) is 12.5 Å². The fourth-order valence-electron chi connectivity index (χ4n) is 3.95. The van der Waals surface area contributed by atoms with Crippen molar-refractivity contribution in [2.24, 2.45) is 11.8 Å². The van der Waals surface area contributed by atoms with E-state index in [1.165, 1.54) is 0 Å². The first-order chi connectivity index (χ1) is 16.0. The molecule has 0 aromatic heterocycles. The SMILES string of the molecule is C[C@H](OC(=O)N[C@@H](CC1CC1)C(=O)N[C@@H](C[C@@H]1CCNC1=O)C(O)S(=O)(=O)[O-])c1ccccc1.[Na+]. The summed E-state index contributed by atoms with van der Waals surface area (Å²) in [5.74, 6) is -1.56. The van der Waals surface area contributed by atoms with Gasteiger partial charge in [-0.15, -0.1) is 0 Å². The number of hydrogen-bond acceptors (Lipinski definition) is 8. The number of amides is 3. The number of carbonyl (C=O) groups excluding carboxylic acids is 3. The second-order valence-electron chi connectivity index (χ2n) is 8.84. The van der Waals surface area contributed by atoms with Gasteiger partial charge in [0.05, 0.1) is 6.04 Å². The van der Waals surface area contributed by atoms with Crippen molar-refractivity contribution in [2.45, 2.75) is 62.7 Å². The molecule has 1 unspecified atom stereocenters. The number of carbonyl (C=O) groups is 3. The molecule has 35 heavy (non-hydrogen) atoms. The van der Waals surface area contributed by atoms with Gasteiger partial charge >= 0.3 is 35.7 Å². The molecule has 0 bridgehead atoms. The third-order valence-electron chi connectivity index (χ3n) is 6.10. The number of alkyl carbamates (subject to hydrolysis) is 1. The second kappa shape index (κ2) is 13.0. The van der Waals surface area contributed by atoms with E-state index in [9.17, 15) is 32.5 Å². The Morgan fingerprint density at radius 1 is 1.17 bits per heavy atom. The molecule has 1 aliphatic heterocycles. The van der Waals surface area contributed by atoms with E-state index in [4.69, 9.17) is 4.74 Å². The van der Waals surface area contributed by atoms with E-state index >= 15 is 0 Å². The van der Waals surface area contributed by atoms with Crippen molar-refractivity contribution in [3.63, 3.8) is 0 Å². The van der Waals surface area contributed by atoms with E-state index in [0.29, 0.717) is 13.0 Å². The molecule has 1 saturated heterocycles. The van der Waals surface area contributed by atoms with Crippen LogP contribution in [0.15, 0.2) is 30.3 Å². The molecular weight excluding hydrogens is 489 g/mol. The Balaban J connectivity index is 0.00000432. The number of ether oxygens (including phenoxy) is 1. The Morgan fingerprint density at radius 2 is 1.83 bits per heavy atom. The molecule has 1 aromatic carbocycles. The van der Waals surface area contributed by atoms with Gasteiger partial charge in [-0.1, -0.05) is 43.2 Å². The van der Waals surface area contributed by atoms with Gasteiger partial charge in [0.2, 0.25) is 11.8 Å². The first kappa shape index (κ1) is 29.5. The standard InChI is InChI=1S/C22H31N3O8S.Na/c1-13(15-5-3-2-4-6-15)33-22(29)25-17(11-14-7-8-14)20(27)24-18(21(28)34(30,31)32)12-16-9-10-23-19(16)26;/h2-6,13-14,16-18,21,28H,7-12H2,1H3,(H,23,26)(H,24,27)(H,25,29)(H,30,31,32);/q;+1/p-1/t13-,16-,17-,18-,21?;/m0./s1. The van der Waals surface area contributed by atoms with Crippen LogP contribution in [0.25, 0.3) is 0 Å². The molecule has 5 atom stereocenters. The van der Waals surface area contributed by atoms with Gasteiger partial charge in [-0.05, 0) is 37.7 Å². The maximum Gasteiger partial charge on any atom is 1.00 e. The predicted molar refractivity (Wildman–Crippen MR) is 119 cm³/mol. The fourth-order valence-corrected chi connectivity index (χ4v) is 4.54. The summed E-state index contributed by atoms with van der Waals surface area (Å²) in [6, 6.07) is 6.44. The maximum atomic E-state index is 13.0. The molecule has 1 aromatic rings. The number of rotatable bonds is 11. The zero-order valence-electron chi connectivity index (χ0n) is 19.8. The Hall–Kier alpha value is -1.70. The monoisotopic (exact) mass is 519 g/mol. The first-order valence-electron chi connectivity index (χ1n) is 11.3. The molecule has 1 aliphatic carbocycles. The van der Waals surface area contributed by atoms with E-state index in [2.05, 4.69) is 16.0 Å². The largest absolute Gasteiger partial charge is 1.00 e. The predicted octanol–water partition coefficient (Wildman–Crippen LogP) is -2.48. The molecule has 1 heterocycles. The average Bonchev–Trinajstić information content (AvgIpc) is 3.51. The van der Waals surface area contributed by atoms with Crippen LogP contribution in [0.4, 0.5) is 4.79 Å². The molecule has 188 valence electrons. The van der Waals surface area contributed by atoms with Gasteiger partial charge in [0.1, 0.15) is 22.3 Å². The van der Waals surface area contributed by atoms with Crippen LogP contribution in [0.2, 0.25) is 0 Å². The van der Waals surface area contributed by atoms with E-state index in [1.807, 2.05) is 6.07 Å². The van der Waals surface area contributed by atoms with E-state index in [0.717, 1.165) is 18.4 Å². The number of aliphatic hydroxyl groups excluding tert-OH is 1. The molecule has 0 spiro atoms. The second-order valence-corrected chi connectivity index (χ2v) is 10.3. The van der Waals surface area contributed by atoms with E-state index < -0.39 is 51.7 Å². The van der Waals surface area contributed by atoms with Crippen LogP contribution in [-0.4, -0.2) is 60.0 Å². The minimum absolute atomic E-state index is 0. The summed E-state index contributed by atoms with van der Waals surface area (Å²) in [5, 5.41) is 17.6. The molecule has 2 fully saturated rings. The Kier molecular flexibility index (Phi) is 11.0. The third kappa shape index (κ3) is 9.03. The maximum absolute atomic E-state index is 13.0. The molecule has 11 nitrogen and oxygen atoms in total. The molecule has 4 N–H and O–H groups in total. The van der Waals surface area contributed by atoms with Gasteiger partial charge in [-0.3, -0.25) is 9.59 Å². The van der Waals surface area contributed by atoms with Crippen molar-refractivity contribution in [2.75, 3.05) is 6.54 Å². The summed E-state index contributed by atoms with van der Waals surface area (Å²) in [7, 11) is -5.17. The van der Waals surface area contributed by atoms with Crippen molar-refractivity contribution in [1.29, 1.82) is 0 Å². The topological polar surface area (TPSA) is 174 Å². The number of nitrogens with one attached hydrogen (secondary N) is 3. The summed E-state index contributed by atoms with van der Waals surface area (Å²) >= 11 is 0. The van der Waals surface area contributed by atoms with Crippen LogP contribution in [0.1, 0.15) is 50.7 Å². The smallest absolute Gasteiger partial charge is 0.746 e. The minimum Gasteiger partial charge on any atom is -0.746 e. The van der Waals surface area contributed by atoms with Crippen LogP contribution in [-0.2, 0) is 24.4 Å². The molecule has 3 amide bonds. The zero-order chi connectivity index (χ0) is 24.9. The van der Waals surface area contributed by atoms with Crippen LogP contribution in [0, 0.1) is 11.8 Å². The minimum atomic E-state index is -5.17. The molecule has 0 radical (unpaired) electrons. The normalized spacial score (nSPS) is 21.0.